The molecular formula is C19H24N4O. The van der Waals surface area contributed by atoms with Crippen molar-refractivity contribution >= 4 is 16.8 Å². The predicted molar refractivity (Wildman–Crippen MR) is 95.8 cm³/mol. The number of aromatic nitrogens is 3. The van der Waals surface area contributed by atoms with Gasteiger partial charge in [0.2, 0.25) is 5.91 Å². The molecule has 0 bridgehead atoms. The summed E-state index contributed by atoms with van der Waals surface area (Å²) in [4.78, 5) is 15.2. The fraction of sp³-hybridized carbons (Fsp3) is 0.368. The van der Waals surface area contributed by atoms with Crippen LogP contribution in [0.4, 0.5) is 0 Å². The zero-order chi connectivity index (χ0) is 16.8. The molecule has 0 aliphatic rings. The molecule has 2 heterocycles. The SMILES string of the molecule is Cn1cc(CCCNC(=O)CCCc2c[nH]c3ccccc23)cn1. The van der Waals surface area contributed by atoms with Gasteiger partial charge in [-0.3, -0.25) is 9.48 Å². The van der Waals surface area contributed by atoms with E-state index in [0.29, 0.717) is 6.42 Å². The number of rotatable bonds is 8. The molecule has 2 N–H and O–H groups in total. The van der Waals surface area contributed by atoms with Crippen molar-refractivity contribution in [1.29, 1.82) is 0 Å². The van der Waals surface area contributed by atoms with Crippen LogP contribution in [0.15, 0.2) is 42.9 Å². The van der Waals surface area contributed by atoms with Gasteiger partial charge in [0.05, 0.1) is 6.20 Å². The molecule has 0 aliphatic carbocycles. The van der Waals surface area contributed by atoms with Crippen LogP contribution in [0.2, 0.25) is 0 Å². The van der Waals surface area contributed by atoms with Gasteiger partial charge in [-0.25, -0.2) is 0 Å². The Hall–Kier alpha value is -2.56. The zero-order valence-corrected chi connectivity index (χ0v) is 14.1. The highest BCUT2D eigenvalue weighted by molar-refractivity contribution is 5.83. The third-order valence-electron chi connectivity index (χ3n) is 4.25. The van der Waals surface area contributed by atoms with E-state index in [1.807, 2.05) is 25.5 Å². The van der Waals surface area contributed by atoms with Gasteiger partial charge in [0.1, 0.15) is 0 Å². The Labute approximate surface area is 142 Å². The molecule has 0 saturated carbocycles. The summed E-state index contributed by atoms with van der Waals surface area (Å²) >= 11 is 0. The first-order valence-corrected chi connectivity index (χ1v) is 8.51. The largest absolute Gasteiger partial charge is 0.361 e. The zero-order valence-electron chi connectivity index (χ0n) is 14.1. The van der Waals surface area contributed by atoms with Crippen LogP contribution in [0, 0.1) is 0 Å². The van der Waals surface area contributed by atoms with E-state index in [1.165, 1.54) is 16.5 Å². The van der Waals surface area contributed by atoms with Crippen molar-refractivity contribution in [1.82, 2.24) is 20.1 Å². The Morgan fingerprint density at radius 1 is 1.25 bits per heavy atom. The van der Waals surface area contributed by atoms with Crippen molar-refractivity contribution in [2.75, 3.05) is 6.54 Å². The third-order valence-corrected chi connectivity index (χ3v) is 4.25. The van der Waals surface area contributed by atoms with Gasteiger partial charge in [0.25, 0.3) is 0 Å². The number of carbonyl (C=O) groups is 1. The van der Waals surface area contributed by atoms with Gasteiger partial charge < -0.3 is 10.3 Å². The summed E-state index contributed by atoms with van der Waals surface area (Å²) in [6, 6.07) is 8.28. The highest BCUT2D eigenvalue weighted by Crippen LogP contribution is 2.19. The minimum Gasteiger partial charge on any atom is -0.361 e. The topological polar surface area (TPSA) is 62.7 Å². The number of hydrogen-bond donors (Lipinski definition) is 2. The molecule has 0 radical (unpaired) electrons. The number of hydrogen-bond acceptors (Lipinski definition) is 2. The maximum Gasteiger partial charge on any atom is 0.220 e. The van der Waals surface area contributed by atoms with E-state index in [-0.39, 0.29) is 5.91 Å². The summed E-state index contributed by atoms with van der Waals surface area (Å²) in [5, 5.41) is 8.41. The van der Waals surface area contributed by atoms with Crippen LogP contribution in [0.25, 0.3) is 10.9 Å². The minimum absolute atomic E-state index is 0.140. The standard InChI is InChI=1S/C19H24N4O/c1-23-14-15(12-22-23)6-5-11-20-19(24)10-4-7-16-13-21-18-9-3-2-8-17(16)18/h2-3,8-9,12-14,21H,4-7,10-11H2,1H3,(H,20,24). The lowest BCUT2D eigenvalue weighted by Gasteiger charge is -2.04. The number of fused-ring (bicyclic) bond motifs is 1. The van der Waals surface area contributed by atoms with Gasteiger partial charge in [0.15, 0.2) is 0 Å². The molecule has 1 amide bonds. The smallest absolute Gasteiger partial charge is 0.220 e. The van der Waals surface area contributed by atoms with Crippen LogP contribution in [-0.2, 0) is 24.7 Å². The highest BCUT2D eigenvalue weighted by Gasteiger charge is 2.05. The average Bonchev–Trinajstić information content (AvgIpc) is 3.18. The molecule has 5 heteroatoms. The number of nitrogens with zero attached hydrogens (tertiary/aromatic N) is 2. The third kappa shape index (κ3) is 4.25. The second-order valence-corrected chi connectivity index (χ2v) is 6.19. The second-order valence-electron chi connectivity index (χ2n) is 6.19. The first-order valence-electron chi connectivity index (χ1n) is 8.51. The Bertz CT molecular complexity index is 802. The number of amides is 1. The number of nitrogens with one attached hydrogen (secondary N) is 2. The Morgan fingerprint density at radius 3 is 2.96 bits per heavy atom. The molecule has 126 valence electrons. The summed E-state index contributed by atoms with van der Waals surface area (Å²) in [7, 11) is 1.92. The first-order chi connectivity index (χ1) is 11.7. The number of para-hydroxylation sites is 1. The molecule has 5 nitrogen and oxygen atoms in total. The summed E-state index contributed by atoms with van der Waals surface area (Å²) in [6.07, 6.45) is 10.2. The van der Waals surface area contributed by atoms with Crippen LogP contribution in [-0.4, -0.2) is 27.2 Å². The van der Waals surface area contributed by atoms with E-state index < -0.39 is 0 Å². The Kier molecular flexibility index (Phi) is 5.31. The lowest BCUT2D eigenvalue weighted by atomic mass is 10.1. The molecule has 2 aromatic heterocycles. The van der Waals surface area contributed by atoms with Crippen LogP contribution >= 0.6 is 0 Å². The molecule has 24 heavy (non-hydrogen) atoms. The van der Waals surface area contributed by atoms with E-state index in [1.54, 1.807) is 4.68 Å². The molecule has 0 spiro atoms. The van der Waals surface area contributed by atoms with E-state index in [0.717, 1.165) is 37.7 Å². The minimum atomic E-state index is 0.140. The van der Waals surface area contributed by atoms with Crippen LogP contribution in [0.5, 0.6) is 0 Å². The lowest BCUT2D eigenvalue weighted by Crippen LogP contribution is -2.24. The number of aromatic amines is 1. The van der Waals surface area contributed by atoms with E-state index in [4.69, 9.17) is 0 Å². The van der Waals surface area contributed by atoms with Crippen molar-refractivity contribution < 1.29 is 4.79 Å². The maximum absolute atomic E-state index is 11.9. The van der Waals surface area contributed by atoms with Crippen LogP contribution < -0.4 is 5.32 Å². The number of aryl methyl sites for hydroxylation is 3. The fourth-order valence-electron chi connectivity index (χ4n) is 2.99. The van der Waals surface area contributed by atoms with Crippen LogP contribution in [0.1, 0.15) is 30.4 Å². The van der Waals surface area contributed by atoms with Gasteiger partial charge in [-0.1, -0.05) is 18.2 Å². The van der Waals surface area contributed by atoms with E-state index in [9.17, 15) is 4.79 Å². The summed E-state index contributed by atoms with van der Waals surface area (Å²) in [5.74, 6) is 0.140. The first kappa shape index (κ1) is 16.3. The number of H-pyrrole nitrogens is 1. The van der Waals surface area contributed by atoms with Gasteiger partial charge in [-0.15, -0.1) is 0 Å². The van der Waals surface area contributed by atoms with Gasteiger partial charge in [-0.2, -0.15) is 5.10 Å². The molecule has 0 atom stereocenters. The average molecular weight is 324 g/mol. The normalized spacial score (nSPS) is 11.0. The molecule has 0 saturated heterocycles. The Morgan fingerprint density at radius 2 is 2.12 bits per heavy atom. The quantitative estimate of drug-likeness (QED) is 0.626. The van der Waals surface area contributed by atoms with Gasteiger partial charge in [-0.05, 0) is 42.9 Å². The van der Waals surface area contributed by atoms with Gasteiger partial charge >= 0.3 is 0 Å². The summed E-state index contributed by atoms with van der Waals surface area (Å²) < 4.78 is 1.80. The summed E-state index contributed by atoms with van der Waals surface area (Å²) in [6.45, 7) is 0.723. The monoisotopic (exact) mass is 324 g/mol. The fourth-order valence-corrected chi connectivity index (χ4v) is 2.99. The number of benzene rings is 1. The molecule has 3 rings (SSSR count). The van der Waals surface area contributed by atoms with Crippen molar-refractivity contribution in [3.63, 3.8) is 0 Å². The number of carbonyl (C=O) groups excluding carboxylic acids is 1. The van der Waals surface area contributed by atoms with Crippen molar-refractivity contribution in [3.05, 3.63) is 54.0 Å². The molecule has 0 fully saturated rings. The van der Waals surface area contributed by atoms with Crippen LogP contribution in [0.3, 0.4) is 0 Å². The molecule has 0 unspecified atom stereocenters. The highest BCUT2D eigenvalue weighted by atomic mass is 16.1. The summed E-state index contributed by atoms with van der Waals surface area (Å²) in [5.41, 5.74) is 3.66. The molecule has 0 aliphatic heterocycles. The van der Waals surface area contributed by atoms with E-state index in [2.05, 4.69) is 39.8 Å². The van der Waals surface area contributed by atoms with Crippen molar-refractivity contribution in [2.24, 2.45) is 7.05 Å². The molecular weight excluding hydrogens is 300 g/mol. The second kappa shape index (κ2) is 7.81. The lowest BCUT2D eigenvalue weighted by molar-refractivity contribution is -0.121. The van der Waals surface area contributed by atoms with Crippen molar-refractivity contribution in [2.45, 2.75) is 32.1 Å². The van der Waals surface area contributed by atoms with E-state index >= 15 is 0 Å². The molecule has 1 aromatic carbocycles. The molecule has 3 aromatic rings. The predicted octanol–water partition coefficient (Wildman–Crippen LogP) is 2.97. The Balaban J connectivity index is 1.34. The maximum atomic E-state index is 11.9. The van der Waals surface area contributed by atoms with Crippen molar-refractivity contribution in [3.8, 4) is 0 Å². The van der Waals surface area contributed by atoms with Gasteiger partial charge in [0, 0.05) is 43.3 Å².